The summed E-state index contributed by atoms with van der Waals surface area (Å²) in [7, 11) is 0. The Morgan fingerprint density at radius 1 is 1.43 bits per heavy atom. The highest BCUT2D eigenvalue weighted by atomic mass is 79.9. The maximum absolute atomic E-state index is 5.64. The lowest BCUT2D eigenvalue weighted by Gasteiger charge is -1.88. The number of aryl methyl sites for hydroxylation is 1. The van der Waals surface area contributed by atoms with Gasteiger partial charge in [-0.25, -0.2) is 4.98 Å². The number of halogens is 2. The normalized spacial score (nSPS) is 11.0. The fraction of sp³-hybridized carbons (Fsp3) is 0.300. The highest BCUT2D eigenvalue weighted by Gasteiger charge is 2.03. The van der Waals surface area contributed by atoms with Crippen LogP contribution in [-0.2, 0) is 6.42 Å². The van der Waals surface area contributed by atoms with Crippen molar-refractivity contribution in [1.82, 2.24) is 4.98 Å². The van der Waals surface area contributed by atoms with E-state index < -0.39 is 0 Å². The van der Waals surface area contributed by atoms with Crippen LogP contribution in [0.25, 0.3) is 10.2 Å². The molecule has 14 heavy (non-hydrogen) atoms. The number of nitrogens with zero attached hydrogens (tertiary/aromatic N) is 1. The minimum absolute atomic E-state index is 0.708. The van der Waals surface area contributed by atoms with Gasteiger partial charge in [-0.1, -0.05) is 15.9 Å². The van der Waals surface area contributed by atoms with Gasteiger partial charge >= 0.3 is 0 Å². The van der Waals surface area contributed by atoms with E-state index in [0.29, 0.717) is 5.88 Å². The van der Waals surface area contributed by atoms with Crippen LogP contribution in [0.1, 0.15) is 11.4 Å². The van der Waals surface area contributed by atoms with E-state index in [1.807, 2.05) is 12.1 Å². The Hall–Kier alpha value is -0.120. The van der Waals surface area contributed by atoms with E-state index in [1.165, 1.54) is 9.71 Å². The van der Waals surface area contributed by atoms with E-state index in [2.05, 4.69) is 27.0 Å². The lowest BCUT2D eigenvalue weighted by Crippen LogP contribution is -1.83. The van der Waals surface area contributed by atoms with Crippen molar-refractivity contribution in [1.29, 1.82) is 0 Å². The van der Waals surface area contributed by atoms with Crippen molar-refractivity contribution >= 4 is 49.1 Å². The molecule has 0 bridgehead atoms. The van der Waals surface area contributed by atoms with Crippen molar-refractivity contribution < 1.29 is 0 Å². The van der Waals surface area contributed by atoms with Gasteiger partial charge in [0.2, 0.25) is 0 Å². The predicted molar refractivity (Wildman–Crippen MR) is 66.4 cm³/mol. The summed E-state index contributed by atoms with van der Waals surface area (Å²) < 4.78 is 2.35. The SMILES string of the molecule is ClCCCc1nc2ccc(Br)cc2s1. The molecule has 0 aliphatic heterocycles. The standard InChI is InChI=1S/C10H9BrClNS/c11-7-3-4-8-9(6-7)14-10(13-8)2-1-5-12/h3-4,6H,1-2,5H2. The summed E-state index contributed by atoms with van der Waals surface area (Å²) in [5.74, 6) is 0.708. The fourth-order valence-electron chi connectivity index (χ4n) is 1.27. The van der Waals surface area contributed by atoms with Crippen molar-refractivity contribution in [3.63, 3.8) is 0 Å². The molecule has 0 unspecified atom stereocenters. The predicted octanol–water partition coefficient (Wildman–Crippen LogP) is 4.23. The highest BCUT2D eigenvalue weighted by Crippen LogP contribution is 2.26. The van der Waals surface area contributed by atoms with Crippen LogP contribution in [0.4, 0.5) is 0 Å². The first kappa shape index (κ1) is 10.4. The van der Waals surface area contributed by atoms with Gasteiger partial charge in [-0.2, -0.15) is 0 Å². The van der Waals surface area contributed by atoms with Crippen molar-refractivity contribution in [2.24, 2.45) is 0 Å². The monoisotopic (exact) mass is 289 g/mol. The van der Waals surface area contributed by atoms with Crippen LogP contribution >= 0.6 is 38.9 Å². The summed E-state index contributed by atoms with van der Waals surface area (Å²) in [5, 5.41) is 1.18. The van der Waals surface area contributed by atoms with Gasteiger partial charge in [0.1, 0.15) is 0 Å². The molecule has 0 fully saturated rings. The zero-order chi connectivity index (χ0) is 9.97. The van der Waals surface area contributed by atoms with Crippen LogP contribution in [0.5, 0.6) is 0 Å². The first-order chi connectivity index (χ1) is 6.79. The summed E-state index contributed by atoms with van der Waals surface area (Å²) in [6, 6.07) is 6.17. The van der Waals surface area contributed by atoms with E-state index >= 15 is 0 Å². The Balaban J connectivity index is 2.32. The summed E-state index contributed by atoms with van der Waals surface area (Å²) in [4.78, 5) is 4.53. The number of rotatable bonds is 3. The van der Waals surface area contributed by atoms with E-state index in [1.54, 1.807) is 11.3 Å². The van der Waals surface area contributed by atoms with Gasteiger partial charge in [0, 0.05) is 16.8 Å². The molecule has 74 valence electrons. The Kier molecular flexibility index (Phi) is 3.42. The van der Waals surface area contributed by atoms with Crippen LogP contribution in [0.15, 0.2) is 22.7 Å². The highest BCUT2D eigenvalue weighted by molar-refractivity contribution is 9.10. The smallest absolute Gasteiger partial charge is 0.0939 e. The Bertz CT molecular complexity index is 441. The molecule has 1 heterocycles. The third-order valence-electron chi connectivity index (χ3n) is 1.92. The third-order valence-corrected chi connectivity index (χ3v) is 3.76. The minimum atomic E-state index is 0.708. The maximum Gasteiger partial charge on any atom is 0.0939 e. The van der Waals surface area contributed by atoms with Gasteiger partial charge < -0.3 is 0 Å². The first-order valence-corrected chi connectivity index (χ1v) is 6.55. The lowest BCUT2D eigenvalue weighted by atomic mass is 10.3. The van der Waals surface area contributed by atoms with Crippen molar-refractivity contribution in [3.05, 3.63) is 27.7 Å². The van der Waals surface area contributed by atoms with Crippen LogP contribution in [-0.4, -0.2) is 10.9 Å². The Morgan fingerprint density at radius 2 is 2.29 bits per heavy atom. The van der Waals surface area contributed by atoms with Gasteiger partial charge in [0.15, 0.2) is 0 Å². The molecule has 0 amide bonds. The van der Waals surface area contributed by atoms with Crippen LogP contribution < -0.4 is 0 Å². The second-order valence-corrected chi connectivity index (χ2v) is 5.42. The molecule has 0 aliphatic rings. The van der Waals surface area contributed by atoms with Crippen molar-refractivity contribution in [2.45, 2.75) is 12.8 Å². The number of alkyl halides is 1. The van der Waals surface area contributed by atoms with Crippen LogP contribution in [0, 0.1) is 0 Å². The van der Waals surface area contributed by atoms with E-state index in [4.69, 9.17) is 11.6 Å². The first-order valence-electron chi connectivity index (χ1n) is 4.40. The molecule has 0 spiro atoms. The Labute approximate surface area is 100 Å². The Morgan fingerprint density at radius 3 is 3.07 bits per heavy atom. The second kappa shape index (κ2) is 4.60. The molecule has 2 rings (SSSR count). The fourth-order valence-corrected chi connectivity index (χ4v) is 2.97. The van der Waals surface area contributed by atoms with Gasteiger partial charge in [0.05, 0.1) is 15.2 Å². The second-order valence-electron chi connectivity index (χ2n) is 3.01. The quantitative estimate of drug-likeness (QED) is 0.771. The molecular weight excluding hydrogens is 282 g/mol. The topological polar surface area (TPSA) is 12.9 Å². The molecule has 1 aromatic carbocycles. The molecular formula is C10H9BrClNS. The summed E-state index contributed by atoms with van der Waals surface area (Å²) >= 11 is 10.8. The molecule has 0 radical (unpaired) electrons. The van der Waals surface area contributed by atoms with Gasteiger partial charge in [-0.05, 0) is 24.6 Å². The van der Waals surface area contributed by atoms with E-state index in [9.17, 15) is 0 Å². The average molecular weight is 291 g/mol. The summed E-state index contributed by atoms with van der Waals surface area (Å²) in [6.45, 7) is 0. The van der Waals surface area contributed by atoms with Gasteiger partial charge in [-0.3, -0.25) is 0 Å². The summed E-state index contributed by atoms with van der Waals surface area (Å²) in [6.07, 6.45) is 1.99. The molecule has 0 aliphatic carbocycles. The number of thiazole rings is 1. The van der Waals surface area contributed by atoms with Gasteiger partial charge in [-0.15, -0.1) is 22.9 Å². The van der Waals surface area contributed by atoms with E-state index in [-0.39, 0.29) is 0 Å². The molecule has 1 aromatic heterocycles. The number of fused-ring (bicyclic) bond motifs is 1. The largest absolute Gasteiger partial charge is 0.241 e. The van der Waals surface area contributed by atoms with Crippen molar-refractivity contribution in [3.8, 4) is 0 Å². The number of hydrogen-bond acceptors (Lipinski definition) is 2. The molecule has 0 N–H and O–H groups in total. The zero-order valence-electron chi connectivity index (χ0n) is 7.46. The molecule has 4 heteroatoms. The van der Waals surface area contributed by atoms with Gasteiger partial charge in [0.25, 0.3) is 0 Å². The van der Waals surface area contributed by atoms with Crippen LogP contribution in [0.2, 0.25) is 0 Å². The average Bonchev–Trinajstić information content (AvgIpc) is 2.56. The molecule has 2 aromatic rings. The lowest BCUT2D eigenvalue weighted by molar-refractivity contribution is 0.919. The third kappa shape index (κ3) is 2.27. The van der Waals surface area contributed by atoms with Crippen LogP contribution in [0.3, 0.4) is 0 Å². The zero-order valence-corrected chi connectivity index (χ0v) is 10.6. The number of hydrogen-bond donors (Lipinski definition) is 0. The summed E-state index contributed by atoms with van der Waals surface area (Å²) in [5.41, 5.74) is 1.09. The molecule has 1 nitrogen and oxygen atoms in total. The number of aromatic nitrogens is 1. The van der Waals surface area contributed by atoms with Crippen molar-refractivity contribution in [2.75, 3.05) is 5.88 Å². The maximum atomic E-state index is 5.64. The van der Waals surface area contributed by atoms with E-state index in [0.717, 1.165) is 22.8 Å². The molecule has 0 saturated carbocycles. The number of benzene rings is 1. The minimum Gasteiger partial charge on any atom is -0.241 e. The molecule has 0 atom stereocenters. The molecule has 0 saturated heterocycles.